The van der Waals surface area contributed by atoms with Gasteiger partial charge in [-0.25, -0.2) is 0 Å². The lowest BCUT2D eigenvalue weighted by Gasteiger charge is -2.20. The summed E-state index contributed by atoms with van der Waals surface area (Å²) in [5.74, 6) is 0.185. The summed E-state index contributed by atoms with van der Waals surface area (Å²) in [6, 6.07) is 3.11. The predicted molar refractivity (Wildman–Crippen MR) is 72.4 cm³/mol. The molecule has 0 saturated heterocycles. The molecule has 0 saturated carbocycles. The van der Waals surface area contributed by atoms with Crippen LogP contribution in [0.25, 0.3) is 0 Å². The van der Waals surface area contributed by atoms with Crippen LogP contribution in [0, 0.1) is 0 Å². The van der Waals surface area contributed by atoms with E-state index in [0.717, 1.165) is 18.7 Å². The van der Waals surface area contributed by atoms with Gasteiger partial charge in [0, 0.05) is 31.3 Å². The van der Waals surface area contributed by atoms with Gasteiger partial charge in [-0.3, -0.25) is 0 Å². The van der Waals surface area contributed by atoms with Crippen LogP contribution in [0.15, 0.2) is 16.6 Å². The fraction of sp³-hybridized carbons (Fsp3) is 0.500. The lowest BCUT2D eigenvalue weighted by molar-refractivity contribution is 0.273. The zero-order chi connectivity index (χ0) is 13.0. The fourth-order valence-corrected chi connectivity index (χ4v) is 1.85. The molecule has 0 aliphatic heterocycles. The first-order valence-corrected chi connectivity index (χ1v) is 6.23. The third-order valence-corrected chi connectivity index (χ3v) is 3.15. The Balaban J connectivity index is 2.65. The molecule has 0 bridgehead atoms. The van der Waals surface area contributed by atoms with E-state index in [9.17, 15) is 10.2 Å². The van der Waals surface area contributed by atoms with Gasteiger partial charge in [0.25, 0.3) is 0 Å². The van der Waals surface area contributed by atoms with Gasteiger partial charge in [0.15, 0.2) is 0 Å². The molecule has 4 nitrogen and oxygen atoms in total. The van der Waals surface area contributed by atoms with E-state index in [1.165, 1.54) is 6.07 Å². The molecule has 5 heteroatoms. The second-order valence-electron chi connectivity index (χ2n) is 4.47. The van der Waals surface area contributed by atoms with E-state index in [2.05, 4.69) is 25.7 Å². The minimum Gasteiger partial charge on any atom is -0.507 e. The number of benzene rings is 1. The maximum Gasteiger partial charge on any atom is 0.133 e. The van der Waals surface area contributed by atoms with E-state index in [0.29, 0.717) is 11.0 Å². The molecule has 1 rings (SSSR count). The van der Waals surface area contributed by atoms with Crippen molar-refractivity contribution in [3.8, 4) is 11.5 Å². The van der Waals surface area contributed by atoms with Gasteiger partial charge in [-0.05, 0) is 43.1 Å². The van der Waals surface area contributed by atoms with Crippen molar-refractivity contribution < 1.29 is 10.2 Å². The Kier molecular flexibility index (Phi) is 5.24. The highest BCUT2D eigenvalue weighted by Crippen LogP contribution is 2.31. The Hall–Kier alpha value is -0.780. The summed E-state index contributed by atoms with van der Waals surface area (Å²) in [4.78, 5) is 4.24. The number of likely N-dealkylation sites (N-methyl/N-ethyl adjacent to an activating group) is 2. The first-order valence-electron chi connectivity index (χ1n) is 5.43. The zero-order valence-corrected chi connectivity index (χ0v) is 12.0. The molecule has 0 aliphatic carbocycles. The lowest BCUT2D eigenvalue weighted by Crippen LogP contribution is -2.28. The molecule has 0 atom stereocenters. The molecule has 2 N–H and O–H groups in total. The topological polar surface area (TPSA) is 46.9 Å². The van der Waals surface area contributed by atoms with Crippen molar-refractivity contribution in [2.75, 3.05) is 34.2 Å². The maximum atomic E-state index is 9.72. The van der Waals surface area contributed by atoms with Gasteiger partial charge in [-0.1, -0.05) is 0 Å². The van der Waals surface area contributed by atoms with E-state index < -0.39 is 0 Å². The molecule has 0 aromatic heterocycles. The van der Waals surface area contributed by atoms with Gasteiger partial charge in [-0.15, -0.1) is 0 Å². The van der Waals surface area contributed by atoms with Gasteiger partial charge < -0.3 is 20.0 Å². The van der Waals surface area contributed by atoms with Crippen LogP contribution in [0.4, 0.5) is 0 Å². The largest absolute Gasteiger partial charge is 0.507 e. The van der Waals surface area contributed by atoms with Gasteiger partial charge in [0.2, 0.25) is 0 Å². The van der Waals surface area contributed by atoms with Crippen LogP contribution >= 0.6 is 15.9 Å². The minimum atomic E-state index is 0.0576. The van der Waals surface area contributed by atoms with E-state index in [1.54, 1.807) is 6.07 Å². The quantitative estimate of drug-likeness (QED) is 0.871. The number of phenols is 2. The number of halogens is 1. The summed E-state index contributed by atoms with van der Waals surface area (Å²) >= 11 is 3.24. The molecular weight excluding hydrogens is 284 g/mol. The molecule has 1 aromatic carbocycles. The average Bonchev–Trinajstić information content (AvgIpc) is 2.23. The summed E-state index contributed by atoms with van der Waals surface area (Å²) < 4.78 is 0.603. The van der Waals surface area contributed by atoms with Crippen LogP contribution in [-0.2, 0) is 6.54 Å². The molecular formula is C12H19BrN2O2. The third kappa shape index (κ3) is 4.53. The molecule has 0 amide bonds. The number of hydrogen-bond donors (Lipinski definition) is 2. The monoisotopic (exact) mass is 302 g/mol. The maximum absolute atomic E-state index is 9.72. The molecule has 96 valence electrons. The van der Waals surface area contributed by atoms with Crippen LogP contribution in [-0.4, -0.2) is 54.2 Å². The number of aromatic hydroxyl groups is 2. The standard InChI is InChI=1S/C12H19BrN2O2/c1-14(2)4-5-15(3)8-9-6-10(13)12(17)7-11(9)16/h6-7,16-17H,4-5,8H2,1-3H3. The molecule has 0 aliphatic rings. The van der Waals surface area contributed by atoms with Gasteiger partial charge in [0.05, 0.1) is 4.47 Å². The molecule has 0 spiro atoms. The molecule has 1 aromatic rings. The minimum absolute atomic E-state index is 0.0576. The van der Waals surface area contributed by atoms with Crippen molar-refractivity contribution in [1.82, 2.24) is 9.80 Å². The highest BCUT2D eigenvalue weighted by atomic mass is 79.9. The average molecular weight is 303 g/mol. The van der Waals surface area contributed by atoms with Crippen molar-refractivity contribution in [1.29, 1.82) is 0 Å². The van der Waals surface area contributed by atoms with E-state index in [4.69, 9.17) is 0 Å². The first kappa shape index (κ1) is 14.3. The van der Waals surface area contributed by atoms with Gasteiger partial charge in [0.1, 0.15) is 11.5 Å². The summed E-state index contributed by atoms with van der Waals surface area (Å²) in [6.07, 6.45) is 0. The van der Waals surface area contributed by atoms with Crippen LogP contribution in [0.3, 0.4) is 0 Å². The van der Waals surface area contributed by atoms with Crippen LogP contribution in [0.2, 0.25) is 0 Å². The number of phenolic OH excluding ortho intramolecular Hbond substituents is 2. The highest BCUT2D eigenvalue weighted by Gasteiger charge is 2.09. The van der Waals surface area contributed by atoms with Crippen molar-refractivity contribution in [3.63, 3.8) is 0 Å². The lowest BCUT2D eigenvalue weighted by atomic mass is 10.2. The Morgan fingerprint density at radius 1 is 1.06 bits per heavy atom. The first-order chi connectivity index (χ1) is 7.90. The highest BCUT2D eigenvalue weighted by molar-refractivity contribution is 9.10. The Morgan fingerprint density at radius 3 is 2.29 bits per heavy atom. The third-order valence-electron chi connectivity index (χ3n) is 2.52. The Morgan fingerprint density at radius 2 is 1.71 bits per heavy atom. The van der Waals surface area contributed by atoms with E-state index in [1.807, 2.05) is 21.1 Å². The fourth-order valence-electron chi connectivity index (χ4n) is 1.46. The number of rotatable bonds is 5. The summed E-state index contributed by atoms with van der Waals surface area (Å²) in [7, 11) is 6.06. The molecule has 0 radical (unpaired) electrons. The van der Waals surface area contributed by atoms with Crippen molar-refractivity contribution >= 4 is 15.9 Å². The molecule has 17 heavy (non-hydrogen) atoms. The van der Waals surface area contributed by atoms with Crippen LogP contribution in [0.1, 0.15) is 5.56 Å². The molecule has 0 fully saturated rings. The van der Waals surface area contributed by atoms with Gasteiger partial charge in [-0.2, -0.15) is 0 Å². The van der Waals surface area contributed by atoms with E-state index >= 15 is 0 Å². The SMILES string of the molecule is CN(C)CCN(C)Cc1cc(Br)c(O)cc1O. The Bertz CT molecular complexity index is 383. The van der Waals surface area contributed by atoms with Crippen molar-refractivity contribution in [2.45, 2.75) is 6.54 Å². The summed E-state index contributed by atoms with van der Waals surface area (Å²) in [5, 5.41) is 19.1. The van der Waals surface area contributed by atoms with Crippen molar-refractivity contribution in [3.05, 3.63) is 22.2 Å². The molecule has 0 heterocycles. The molecule has 0 unspecified atom stereocenters. The zero-order valence-electron chi connectivity index (χ0n) is 10.4. The van der Waals surface area contributed by atoms with Crippen molar-refractivity contribution in [2.24, 2.45) is 0 Å². The second-order valence-corrected chi connectivity index (χ2v) is 5.33. The van der Waals surface area contributed by atoms with Crippen LogP contribution in [0.5, 0.6) is 11.5 Å². The predicted octanol–water partition coefficient (Wildman–Crippen LogP) is 1.85. The van der Waals surface area contributed by atoms with E-state index in [-0.39, 0.29) is 11.5 Å². The summed E-state index contributed by atoms with van der Waals surface area (Å²) in [6.45, 7) is 2.54. The van der Waals surface area contributed by atoms with Crippen LogP contribution < -0.4 is 0 Å². The smallest absolute Gasteiger partial charge is 0.133 e. The Labute approximate surface area is 111 Å². The van der Waals surface area contributed by atoms with Gasteiger partial charge >= 0.3 is 0 Å². The second kappa shape index (κ2) is 6.23. The number of nitrogens with zero attached hydrogens (tertiary/aromatic N) is 2. The summed E-state index contributed by atoms with van der Waals surface area (Å²) in [5.41, 5.74) is 0.802. The normalized spacial score (nSPS) is 11.4. The number of hydrogen-bond acceptors (Lipinski definition) is 4.